The van der Waals surface area contributed by atoms with Crippen LogP contribution in [-0.2, 0) is 0 Å². The molecule has 3 rings (SSSR count). The number of anilines is 2. The number of carbonyl (C=O) groups is 1. The van der Waals surface area contributed by atoms with Crippen LogP contribution >= 0.6 is 11.5 Å². The van der Waals surface area contributed by atoms with E-state index >= 15 is 0 Å². The van der Waals surface area contributed by atoms with Crippen LogP contribution in [0.5, 0.6) is 0 Å². The quantitative estimate of drug-likeness (QED) is 0.797. The monoisotopic (exact) mass is 294 g/mol. The van der Waals surface area contributed by atoms with Gasteiger partial charge in [0, 0.05) is 12.1 Å². The van der Waals surface area contributed by atoms with Crippen LogP contribution < -0.4 is 16.4 Å². The van der Waals surface area contributed by atoms with Gasteiger partial charge < -0.3 is 16.4 Å². The van der Waals surface area contributed by atoms with Crippen LogP contribution in [0.15, 0.2) is 0 Å². The van der Waals surface area contributed by atoms with Gasteiger partial charge in [-0.05, 0) is 56.0 Å². The summed E-state index contributed by atoms with van der Waals surface area (Å²) in [5, 5.41) is 7.30. The molecule has 1 amide bonds. The molecular formula is C14H22N4OS. The van der Waals surface area contributed by atoms with Crippen LogP contribution in [0.1, 0.15) is 55.8 Å². The van der Waals surface area contributed by atoms with Gasteiger partial charge in [-0.2, -0.15) is 4.37 Å². The van der Waals surface area contributed by atoms with Crippen LogP contribution in [0, 0.1) is 5.92 Å². The number of nitrogens with one attached hydrogen (secondary N) is 2. The summed E-state index contributed by atoms with van der Waals surface area (Å²) in [5.41, 5.74) is 6.41. The molecule has 1 heterocycles. The van der Waals surface area contributed by atoms with Crippen LogP contribution in [0.4, 0.5) is 10.8 Å². The second kappa shape index (κ2) is 5.60. The van der Waals surface area contributed by atoms with Gasteiger partial charge in [0.05, 0.1) is 0 Å². The average molecular weight is 294 g/mol. The Balaban J connectivity index is 1.68. The molecule has 6 heteroatoms. The molecule has 2 fully saturated rings. The molecule has 0 bridgehead atoms. The minimum absolute atomic E-state index is 0.0783. The highest BCUT2D eigenvalue weighted by molar-refractivity contribution is 7.11. The molecule has 0 radical (unpaired) electrons. The summed E-state index contributed by atoms with van der Waals surface area (Å²) in [7, 11) is 0. The Hall–Kier alpha value is -1.30. The Labute approximate surface area is 123 Å². The van der Waals surface area contributed by atoms with Gasteiger partial charge in [-0.1, -0.05) is 6.92 Å². The lowest BCUT2D eigenvalue weighted by molar-refractivity contribution is 0.0953. The fraction of sp³-hybridized carbons (Fsp3) is 0.714. The van der Waals surface area contributed by atoms with Crippen LogP contribution in [0.25, 0.3) is 0 Å². The molecule has 1 aromatic rings. The summed E-state index contributed by atoms with van der Waals surface area (Å²) in [6.45, 7) is 2.30. The van der Waals surface area contributed by atoms with E-state index in [1.807, 2.05) is 0 Å². The van der Waals surface area contributed by atoms with Crippen molar-refractivity contribution >= 4 is 28.3 Å². The smallest absolute Gasteiger partial charge is 0.258 e. The summed E-state index contributed by atoms with van der Waals surface area (Å²) < 4.78 is 4.14. The van der Waals surface area contributed by atoms with Crippen molar-refractivity contribution in [2.24, 2.45) is 5.92 Å². The number of nitrogens with two attached hydrogens (primary N) is 1. The number of hydrogen-bond acceptors (Lipinski definition) is 5. The van der Waals surface area contributed by atoms with E-state index in [1.54, 1.807) is 0 Å². The van der Waals surface area contributed by atoms with Gasteiger partial charge in [-0.25, -0.2) is 0 Å². The molecular weight excluding hydrogens is 272 g/mol. The molecule has 1 aromatic heterocycles. The van der Waals surface area contributed by atoms with Crippen molar-refractivity contribution in [1.82, 2.24) is 9.69 Å². The first-order valence-electron chi connectivity index (χ1n) is 7.46. The van der Waals surface area contributed by atoms with Gasteiger partial charge in [0.1, 0.15) is 10.6 Å². The lowest BCUT2D eigenvalue weighted by Gasteiger charge is -2.27. The molecule has 0 aliphatic heterocycles. The largest absolute Gasteiger partial charge is 0.382 e. The SMILES string of the molecule is CC1CCC(Nc2snc(N)c2C(=O)NC2CC2)CC1. The number of aromatic nitrogens is 1. The number of rotatable bonds is 4. The van der Waals surface area contributed by atoms with Crippen molar-refractivity contribution in [1.29, 1.82) is 0 Å². The normalized spacial score (nSPS) is 26.2. The van der Waals surface area contributed by atoms with E-state index in [1.165, 1.54) is 24.4 Å². The number of nitrogen functional groups attached to an aromatic ring is 1. The Morgan fingerprint density at radius 3 is 2.50 bits per heavy atom. The van der Waals surface area contributed by atoms with Gasteiger partial charge in [0.15, 0.2) is 5.82 Å². The molecule has 2 aliphatic rings. The first-order valence-corrected chi connectivity index (χ1v) is 8.23. The van der Waals surface area contributed by atoms with E-state index in [9.17, 15) is 4.79 Å². The lowest BCUT2D eigenvalue weighted by atomic mass is 9.87. The third-order valence-corrected chi connectivity index (χ3v) is 5.00. The summed E-state index contributed by atoms with van der Waals surface area (Å²) >= 11 is 1.30. The molecule has 2 saturated carbocycles. The third kappa shape index (κ3) is 3.06. The predicted molar refractivity (Wildman–Crippen MR) is 82.1 cm³/mol. The first-order chi connectivity index (χ1) is 9.63. The van der Waals surface area contributed by atoms with Crippen molar-refractivity contribution in [2.75, 3.05) is 11.1 Å². The molecule has 110 valence electrons. The zero-order valence-electron chi connectivity index (χ0n) is 11.8. The van der Waals surface area contributed by atoms with Crippen LogP contribution in [0.2, 0.25) is 0 Å². The van der Waals surface area contributed by atoms with E-state index in [-0.39, 0.29) is 5.91 Å². The van der Waals surface area contributed by atoms with E-state index in [0.717, 1.165) is 36.6 Å². The zero-order valence-corrected chi connectivity index (χ0v) is 12.6. The number of carbonyl (C=O) groups excluding carboxylic acids is 1. The van der Waals surface area contributed by atoms with Crippen molar-refractivity contribution in [3.63, 3.8) is 0 Å². The van der Waals surface area contributed by atoms with E-state index in [4.69, 9.17) is 5.73 Å². The zero-order chi connectivity index (χ0) is 14.1. The van der Waals surface area contributed by atoms with Crippen LogP contribution in [0.3, 0.4) is 0 Å². The molecule has 0 aromatic carbocycles. The average Bonchev–Trinajstić information content (AvgIpc) is 3.15. The number of amides is 1. The topological polar surface area (TPSA) is 80.0 Å². The van der Waals surface area contributed by atoms with Gasteiger partial charge in [-0.15, -0.1) is 0 Å². The maximum absolute atomic E-state index is 12.2. The molecule has 4 N–H and O–H groups in total. The maximum atomic E-state index is 12.2. The summed E-state index contributed by atoms with van der Waals surface area (Å²) in [6.07, 6.45) is 6.95. The third-order valence-electron chi connectivity index (χ3n) is 4.21. The molecule has 20 heavy (non-hydrogen) atoms. The minimum atomic E-state index is -0.0783. The fourth-order valence-electron chi connectivity index (χ4n) is 2.70. The Morgan fingerprint density at radius 1 is 1.20 bits per heavy atom. The first kappa shape index (κ1) is 13.7. The summed E-state index contributed by atoms with van der Waals surface area (Å²) in [4.78, 5) is 12.2. The number of hydrogen-bond donors (Lipinski definition) is 3. The highest BCUT2D eigenvalue weighted by atomic mass is 32.1. The maximum Gasteiger partial charge on any atom is 0.258 e. The summed E-state index contributed by atoms with van der Waals surface area (Å²) in [6, 6.07) is 0.781. The number of nitrogens with zero attached hydrogens (tertiary/aromatic N) is 1. The van der Waals surface area contributed by atoms with Crippen molar-refractivity contribution in [2.45, 2.75) is 57.5 Å². The fourth-order valence-corrected chi connectivity index (χ4v) is 3.48. The Kier molecular flexibility index (Phi) is 3.83. The molecule has 5 nitrogen and oxygen atoms in total. The standard InChI is InChI=1S/C14H22N4OS/c1-8-2-4-10(5-3-8)17-14-11(12(15)18-20-14)13(19)16-9-6-7-9/h8-10,17H,2-7H2,1H3,(H2,15,18)(H,16,19). The van der Waals surface area contributed by atoms with Gasteiger partial charge in [-0.3, -0.25) is 4.79 Å². The Morgan fingerprint density at radius 2 is 1.85 bits per heavy atom. The second-order valence-corrected chi connectivity index (χ2v) is 6.89. The van der Waals surface area contributed by atoms with Gasteiger partial charge in [0.25, 0.3) is 5.91 Å². The Bertz CT molecular complexity index is 489. The van der Waals surface area contributed by atoms with Crippen molar-refractivity contribution in [3.8, 4) is 0 Å². The van der Waals surface area contributed by atoms with Gasteiger partial charge >= 0.3 is 0 Å². The predicted octanol–water partition coefficient (Wildman–Crippen LogP) is 2.61. The highest BCUT2D eigenvalue weighted by Gasteiger charge is 2.28. The summed E-state index contributed by atoms with van der Waals surface area (Å²) in [5.74, 6) is 1.09. The molecule has 0 atom stereocenters. The minimum Gasteiger partial charge on any atom is -0.382 e. The van der Waals surface area contributed by atoms with Crippen molar-refractivity contribution in [3.05, 3.63) is 5.56 Å². The lowest BCUT2D eigenvalue weighted by Crippen LogP contribution is -2.29. The highest BCUT2D eigenvalue weighted by Crippen LogP contribution is 2.32. The molecule has 0 spiro atoms. The van der Waals surface area contributed by atoms with Crippen LogP contribution in [-0.4, -0.2) is 22.4 Å². The van der Waals surface area contributed by atoms with E-state index in [2.05, 4.69) is 21.9 Å². The second-order valence-electron chi connectivity index (χ2n) is 6.12. The van der Waals surface area contributed by atoms with E-state index < -0.39 is 0 Å². The molecule has 0 saturated heterocycles. The van der Waals surface area contributed by atoms with E-state index in [0.29, 0.717) is 23.5 Å². The van der Waals surface area contributed by atoms with Crippen molar-refractivity contribution < 1.29 is 4.79 Å². The molecule has 0 unspecified atom stereocenters. The van der Waals surface area contributed by atoms with Gasteiger partial charge in [0.2, 0.25) is 0 Å². The molecule has 2 aliphatic carbocycles.